The topological polar surface area (TPSA) is 38.8 Å². The summed E-state index contributed by atoms with van der Waals surface area (Å²) in [5.74, 6) is 0.676. The highest BCUT2D eigenvalue weighted by Gasteiger charge is 2.37. The number of benzene rings is 1. The lowest BCUT2D eigenvalue weighted by Gasteiger charge is -2.40. The van der Waals surface area contributed by atoms with Gasteiger partial charge in [0.25, 0.3) is 0 Å². The van der Waals surface area contributed by atoms with E-state index in [0.29, 0.717) is 12.3 Å². The second-order valence-corrected chi connectivity index (χ2v) is 7.37. The zero-order chi connectivity index (χ0) is 15.1. The molecule has 0 N–H and O–H groups in total. The number of nitrogens with zero attached hydrogens (tertiary/aromatic N) is 1. The molecule has 0 bridgehead atoms. The van der Waals surface area contributed by atoms with Gasteiger partial charge in [-0.25, -0.2) is 4.79 Å². The molecule has 1 aliphatic rings. The van der Waals surface area contributed by atoms with Gasteiger partial charge < -0.3 is 9.47 Å². The second kappa shape index (κ2) is 4.95. The normalized spacial score (nSPS) is 17.2. The third-order valence-corrected chi connectivity index (χ3v) is 3.39. The van der Waals surface area contributed by atoms with Crippen molar-refractivity contribution in [3.63, 3.8) is 0 Å². The van der Waals surface area contributed by atoms with Crippen LogP contribution in [0, 0.1) is 0 Å². The molecule has 0 aromatic heterocycles. The lowest BCUT2D eigenvalue weighted by Crippen LogP contribution is -2.50. The summed E-state index contributed by atoms with van der Waals surface area (Å²) in [4.78, 5) is 14.0. The number of carbonyl (C=O) groups excluding carboxylic acids is 1. The van der Waals surface area contributed by atoms with Crippen molar-refractivity contribution in [2.24, 2.45) is 0 Å². The standard InChI is InChI=1S/C15H20BrNO3/c1-14(2,3)20-13(18)17-9-15(4,5)19-12-10(16)7-6-8-11(12)17/h6-8H,9H2,1-5H3. The highest BCUT2D eigenvalue weighted by atomic mass is 79.9. The SMILES string of the molecule is CC(C)(C)OC(=O)N1CC(C)(C)Oc2c(Br)cccc21. The van der Waals surface area contributed by atoms with Gasteiger partial charge in [0.2, 0.25) is 0 Å². The minimum Gasteiger partial charge on any atom is -0.483 e. The van der Waals surface area contributed by atoms with E-state index in [1.807, 2.05) is 52.8 Å². The fourth-order valence-corrected chi connectivity index (χ4v) is 2.50. The van der Waals surface area contributed by atoms with Gasteiger partial charge in [-0.05, 0) is 62.7 Å². The molecule has 0 aliphatic carbocycles. The Morgan fingerprint density at radius 1 is 1.40 bits per heavy atom. The Balaban J connectivity index is 2.40. The van der Waals surface area contributed by atoms with Gasteiger partial charge in [0.05, 0.1) is 16.7 Å². The molecule has 5 heteroatoms. The fourth-order valence-electron chi connectivity index (χ4n) is 2.07. The van der Waals surface area contributed by atoms with E-state index in [-0.39, 0.29) is 6.09 Å². The average Bonchev–Trinajstić information content (AvgIpc) is 2.26. The predicted molar refractivity (Wildman–Crippen MR) is 82.4 cm³/mol. The molecule has 0 spiro atoms. The van der Waals surface area contributed by atoms with Crippen LogP contribution in [0.5, 0.6) is 5.75 Å². The monoisotopic (exact) mass is 341 g/mol. The number of amides is 1. The van der Waals surface area contributed by atoms with Crippen LogP contribution in [-0.4, -0.2) is 23.8 Å². The molecule has 1 aromatic carbocycles. The zero-order valence-electron chi connectivity index (χ0n) is 12.5. The van der Waals surface area contributed by atoms with Crippen molar-refractivity contribution >= 4 is 27.7 Å². The summed E-state index contributed by atoms with van der Waals surface area (Å²) < 4.78 is 12.3. The van der Waals surface area contributed by atoms with Crippen LogP contribution in [0.25, 0.3) is 0 Å². The van der Waals surface area contributed by atoms with Gasteiger partial charge in [-0.3, -0.25) is 4.90 Å². The van der Waals surface area contributed by atoms with Crippen molar-refractivity contribution < 1.29 is 14.3 Å². The smallest absolute Gasteiger partial charge is 0.415 e. The van der Waals surface area contributed by atoms with Gasteiger partial charge in [0.1, 0.15) is 11.2 Å². The number of ether oxygens (including phenoxy) is 2. The van der Waals surface area contributed by atoms with Crippen LogP contribution in [0.4, 0.5) is 10.5 Å². The average molecular weight is 342 g/mol. The van der Waals surface area contributed by atoms with E-state index in [4.69, 9.17) is 9.47 Å². The molecular formula is C15H20BrNO3. The number of halogens is 1. The molecule has 1 aliphatic heterocycles. The van der Waals surface area contributed by atoms with Gasteiger partial charge in [-0.1, -0.05) is 6.07 Å². The quantitative estimate of drug-likeness (QED) is 0.703. The number of fused-ring (bicyclic) bond motifs is 1. The molecule has 1 heterocycles. The first-order chi connectivity index (χ1) is 9.09. The Morgan fingerprint density at radius 2 is 2.05 bits per heavy atom. The summed E-state index contributed by atoms with van der Waals surface area (Å²) in [5, 5.41) is 0. The van der Waals surface area contributed by atoms with Gasteiger partial charge in [-0.15, -0.1) is 0 Å². The lowest BCUT2D eigenvalue weighted by atomic mass is 10.1. The number of para-hydroxylation sites is 1. The largest absolute Gasteiger partial charge is 0.483 e. The number of rotatable bonds is 0. The predicted octanol–water partition coefficient (Wildman–Crippen LogP) is 4.36. The van der Waals surface area contributed by atoms with E-state index in [2.05, 4.69) is 15.9 Å². The molecule has 0 saturated heterocycles. The Labute approximate surface area is 128 Å². The summed E-state index contributed by atoms with van der Waals surface area (Å²) in [6.45, 7) is 9.93. The molecule has 1 amide bonds. The van der Waals surface area contributed by atoms with E-state index < -0.39 is 11.2 Å². The number of hydrogen-bond acceptors (Lipinski definition) is 3. The first-order valence-corrected chi connectivity index (χ1v) is 7.36. The Morgan fingerprint density at radius 3 is 2.65 bits per heavy atom. The van der Waals surface area contributed by atoms with Gasteiger partial charge >= 0.3 is 6.09 Å². The number of carbonyl (C=O) groups is 1. The maximum absolute atomic E-state index is 12.4. The minimum absolute atomic E-state index is 0.353. The van der Waals surface area contributed by atoms with Crippen molar-refractivity contribution in [2.75, 3.05) is 11.4 Å². The van der Waals surface area contributed by atoms with Crippen LogP contribution < -0.4 is 9.64 Å². The van der Waals surface area contributed by atoms with Crippen LogP contribution in [0.15, 0.2) is 22.7 Å². The van der Waals surface area contributed by atoms with Crippen LogP contribution in [-0.2, 0) is 4.74 Å². The van der Waals surface area contributed by atoms with Gasteiger partial charge in [-0.2, -0.15) is 0 Å². The fraction of sp³-hybridized carbons (Fsp3) is 0.533. The highest BCUT2D eigenvalue weighted by molar-refractivity contribution is 9.10. The third kappa shape index (κ3) is 3.26. The number of hydrogen-bond donors (Lipinski definition) is 0. The molecular weight excluding hydrogens is 322 g/mol. The molecule has 1 aromatic rings. The van der Waals surface area contributed by atoms with Gasteiger partial charge in [0.15, 0.2) is 5.75 Å². The lowest BCUT2D eigenvalue weighted by molar-refractivity contribution is 0.0482. The van der Waals surface area contributed by atoms with E-state index in [0.717, 1.165) is 10.2 Å². The first kappa shape index (κ1) is 15.2. The van der Waals surface area contributed by atoms with Gasteiger partial charge in [0, 0.05) is 0 Å². The van der Waals surface area contributed by atoms with Crippen LogP contribution in [0.2, 0.25) is 0 Å². The molecule has 110 valence electrons. The summed E-state index contributed by atoms with van der Waals surface area (Å²) >= 11 is 3.47. The second-order valence-electron chi connectivity index (χ2n) is 6.52. The van der Waals surface area contributed by atoms with Crippen LogP contribution >= 0.6 is 15.9 Å². The third-order valence-electron chi connectivity index (χ3n) is 2.77. The van der Waals surface area contributed by atoms with Crippen molar-refractivity contribution in [3.05, 3.63) is 22.7 Å². The molecule has 4 nitrogen and oxygen atoms in total. The summed E-state index contributed by atoms with van der Waals surface area (Å²) in [5.41, 5.74) is -0.257. The van der Waals surface area contributed by atoms with Crippen LogP contribution in [0.3, 0.4) is 0 Å². The summed E-state index contributed by atoms with van der Waals surface area (Å²) in [6, 6.07) is 5.63. The van der Waals surface area contributed by atoms with E-state index in [1.54, 1.807) is 4.90 Å². The molecule has 20 heavy (non-hydrogen) atoms. The van der Waals surface area contributed by atoms with E-state index in [9.17, 15) is 4.79 Å². The first-order valence-electron chi connectivity index (χ1n) is 6.57. The maximum Gasteiger partial charge on any atom is 0.415 e. The van der Waals surface area contributed by atoms with Crippen molar-refractivity contribution in [1.82, 2.24) is 0 Å². The van der Waals surface area contributed by atoms with Crippen LogP contribution in [0.1, 0.15) is 34.6 Å². The van der Waals surface area contributed by atoms with E-state index in [1.165, 1.54) is 0 Å². The molecule has 0 saturated carbocycles. The van der Waals surface area contributed by atoms with Crippen molar-refractivity contribution in [1.29, 1.82) is 0 Å². The van der Waals surface area contributed by atoms with Crippen molar-refractivity contribution in [3.8, 4) is 5.75 Å². The molecule has 2 rings (SSSR count). The molecule has 0 radical (unpaired) electrons. The molecule has 0 atom stereocenters. The van der Waals surface area contributed by atoms with E-state index >= 15 is 0 Å². The van der Waals surface area contributed by atoms with Crippen molar-refractivity contribution in [2.45, 2.75) is 45.8 Å². The Kier molecular flexibility index (Phi) is 3.75. The molecule has 0 unspecified atom stereocenters. The summed E-state index contributed by atoms with van der Waals surface area (Å²) in [6.07, 6.45) is -0.353. The molecule has 0 fully saturated rings. The highest BCUT2D eigenvalue weighted by Crippen LogP contribution is 2.42. The Hall–Kier alpha value is -1.23. The maximum atomic E-state index is 12.4. The minimum atomic E-state index is -0.522. The Bertz CT molecular complexity index is 534. The zero-order valence-corrected chi connectivity index (χ0v) is 14.1. The summed E-state index contributed by atoms with van der Waals surface area (Å²) in [7, 11) is 0. The number of anilines is 1.